The average Bonchev–Trinajstić information content (AvgIpc) is 2.52. The minimum atomic E-state index is -3.49. The third-order valence-electron chi connectivity index (χ3n) is 3.85. The van der Waals surface area contributed by atoms with Gasteiger partial charge in [-0.25, -0.2) is 8.42 Å². The molecule has 6 nitrogen and oxygen atoms in total. The minimum Gasteiger partial charge on any atom is -0.394 e. The third kappa shape index (κ3) is 2.42. The van der Waals surface area contributed by atoms with Crippen molar-refractivity contribution in [3.63, 3.8) is 0 Å². The van der Waals surface area contributed by atoms with Crippen LogP contribution in [0.1, 0.15) is 30.7 Å². The number of hydrogen-bond donors (Lipinski definition) is 1. The highest BCUT2D eigenvalue weighted by Gasteiger charge is 2.35. The van der Waals surface area contributed by atoms with E-state index in [1.165, 1.54) is 4.31 Å². The highest BCUT2D eigenvalue weighted by molar-refractivity contribution is 7.89. The molecular weight excluding hydrogens is 266 g/mol. The third-order valence-corrected chi connectivity index (χ3v) is 6.02. The number of rotatable bonds is 5. The lowest BCUT2D eigenvalue weighted by Gasteiger charge is -2.33. The zero-order valence-corrected chi connectivity index (χ0v) is 12.4. The van der Waals surface area contributed by atoms with Crippen molar-refractivity contribution in [1.82, 2.24) is 14.1 Å². The van der Waals surface area contributed by atoms with Gasteiger partial charge in [-0.05, 0) is 26.7 Å². The number of nitrogens with zero attached hydrogens (tertiary/aromatic N) is 3. The van der Waals surface area contributed by atoms with Crippen LogP contribution in [0.25, 0.3) is 0 Å². The molecule has 1 fully saturated rings. The van der Waals surface area contributed by atoms with E-state index in [1.807, 2.05) is 0 Å². The van der Waals surface area contributed by atoms with Crippen molar-refractivity contribution in [3.05, 3.63) is 11.4 Å². The van der Waals surface area contributed by atoms with Gasteiger partial charge in [0, 0.05) is 13.1 Å². The Hall–Kier alpha value is -0.920. The predicted molar refractivity (Wildman–Crippen MR) is 71.4 cm³/mol. The molecule has 7 heteroatoms. The van der Waals surface area contributed by atoms with Gasteiger partial charge in [0.2, 0.25) is 10.0 Å². The molecule has 1 aromatic rings. The number of aryl methyl sites for hydroxylation is 1. The summed E-state index contributed by atoms with van der Waals surface area (Å²) >= 11 is 0. The number of aromatic nitrogens is 2. The normalized spacial score (nSPS) is 16.9. The van der Waals surface area contributed by atoms with E-state index < -0.39 is 10.0 Å². The van der Waals surface area contributed by atoms with Crippen molar-refractivity contribution in [2.45, 2.75) is 50.6 Å². The van der Waals surface area contributed by atoms with E-state index in [9.17, 15) is 8.42 Å². The van der Waals surface area contributed by atoms with Crippen LogP contribution in [0, 0.1) is 13.8 Å². The molecule has 1 aromatic heterocycles. The van der Waals surface area contributed by atoms with E-state index in [0.29, 0.717) is 17.9 Å². The van der Waals surface area contributed by atoms with Crippen molar-refractivity contribution in [2.75, 3.05) is 13.7 Å². The van der Waals surface area contributed by atoms with E-state index >= 15 is 0 Å². The molecule has 0 bridgehead atoms. The summed E-state index contributed by atoms with van der Waals surface area (Å²) in [6.45, 7) is 3.69. The number of sulfonamides is 1. The number of aliphatic hydroxyl groups excluding tert-OH is 1. The van der Waals surface area contributed by atoms with Gasteiger partial charge >= 0.3 is 0 Å². The van der Waals surface area contributed by atoms with Crippen molar-refractivity contribution in [1.29, 1.82) is 0 Å². The molecule has 1 aliphatic carbocycles. The zero-order valence-electron chi connectivity index (χ0n) is 11.6. The molecule has 0 atom stereocenters. The lowest BCUT2D eigenvalue weighted by Crippen LogP contribution is -2.41. The first-order valence-electron chi connectivity index (χ1n) is 6.52. The second-order valence-electron chi connectivity index (χ2n) is 5.05. The van der Waals surface area contributed by atoms with Crippen molar-refractivity contribution in [2.24, 2.45) is 0 Å². The molecule has 0 aromatic carbocycles. The van der Waals surface area contributed by atoms with E-state index in [-0.39, 0.29) is 17.5 Å². The first-order valence-corrected chi connectivity index (χ1v) is 7.96. The summed E-state index contributed by atoms with van der Waals surface area (Å²) in [5, 5.41) is 13.2. The Labute approximate surface area is 114 Å². The van der Waals surface area contributed by atoms with Crippen LogP contribution in [0.15, 0.2) is 4.90 Å². The van der Waals surface area contributed by atoms with Crippen LogP contribution in [-0.4, -0.2) is 47.3 Å². The van der Waals surface area contributed by atoms with Crippen molar-refractivity contribution >= 4 is 10.0 Å². The Balaban J connectivity index is 2.39. The van der Waals surface area contributed by atoms with Crippen molar-refractivity contribution < 1.29 is 13.5 Å². The maximum Gasteiger partial charge on any atom is 0.246 e. The summed E-state index contributed by atoms with van der Waals surface area (Å²) < 4.78 is 28.3. The molecule has 0 amide bonds. The van der Waals surface area contributed by atoms with Crippen LogP contribution in [0.3, 0.4) is 0 Å². The van der Waals surface area contributed by atoms with Gasteiger partial charge in [-0.15, -0.1) is 0 Å². The Morgan fingerprint density at radius 3 is 2.53 bits per heavy atom. The summed E-state index contributed by atoms with van der Waals surface area (Å²) in [7, 11) is -1.85. The fourth-order valence-electron chi connectivity index (χ4n) is 2.46. The maximum absolute atomic E-state index is 12.6. The molecule has 108 valence electrons. The van der Waals surface area contributed by atoms with Crippen molar-refractivity contribution in [3.8, 4) is 0 Å². The molecule has 1 N–H and O–H groups in total. The van der Waals surface area contributed by atoms with Gasteiger partial charge in [0.15, 0.2) is 0 Å². The second-order valence-corrected chi connectivity index (χ2v) is 6.99. The highest BCUT2D eigenvalue weighted by atomic mass is 32.2. The Morgan fingerprint density at radius 1 is 1.42 bits per heavy atom. The lowest BCUT2D eigenvalue weighted by atomic mass is 9.94. The topological polar surface area (TPSA) is 75.4 Å². The zero-order chi connectivity index (χ0) is 14.2. The molecule has 0 spiro atoms. The minimum absolute atomic E-state index is 0.0556. The second kappa shape index (κ2) is 5.22. The van der Waals surface area contributed by atoms with Gasteiger partial charge in [-0.1, -0.05) is 6.42 Å². The molecule has 0 saturated heterocycles. The van der Waals surface area contributed by atoms with Crippen LogP contribution in [0.2, 0.25) is 0 Å². The van der Waals surface area contributed by atoms with Gasteiger partial charge in [-0.3, -0.25) is 4.68 Å². The molecule has 19 heavy (non-hydrogen) atoms. The van der Waals surface area contributed by atoms with E-state index in [1.54, 1.807) is 25.6 Å². The predicted octanol–water partition coefficient (Wildman–Crippen LogP) is 0.665. The van der Waals surface area contributed by atoms with E-state index in [2.05, 4.69) is 5.10 Å². The van der Waals surface area contributed by atoms with Gasteiger partial charge < -0.3 is 5.11 Å². The molecule has 1 heterocycles. The summed E-state index contributed by atoms with van der Waals surface area (Å²) in [5.41, 5.74) is 1.09. The van der Waals surface area contributed by atoms with E-state index in [4.69, 9.17) is 5.11 Å². The fourth-order valence-corrected chi connectivity index (χ4v) is 4.24. The van der Waals surface area contributed by atoms with Gasteiger partial charge in [0.1, 0.15) is 4.90 Å². The Morgan fingerprint density at radius 2 is 2.05 bits per heavy atom. The molecule has 1 aliphatic rings. The number of hydrogen-bond acceptors (Lipinski definition) is 4. The standard InChI is InChI=1S/C12H21N3O3S/c1-9-12(10(2)15(13-9)7-8-16)19(17,18)14(3)11-5-4-6-11/h11,16H,4-8H2,1-3H3. The molecule has 0 radical (unpaired) electrons. The van der Waals surface area contributed by atoms with E-state index in [0.717, 1.165) is 19.3 Å². The quantitative estimate of drug-likeness (QED) is 0.863. The largest absolute Gasteiger partial charge is 0.394 e. The maximum atomic E-state index is 12.6. The van der Waals surface area contributed by atoms with Gasteiger partial charge in [0.25, 0.3) is 0 Å². The average molecular weight is 287 g/mol. The fraction of sp³-hybridized carbons (Fsp3) is 0.750. The van der Waals surface area contributed by atoms with Crippen LogP contribution in [0.5, 0.6) is 0 Å². The summed E-state index contributed by atoms with van der Waals surface area (Å²) in [4.78, 5) is 0.287. The first-order chi connectivity index (χ1) is 8.89. The van der Waals surface area contributed by atoms with Crippen LogP contribution < -0.4 is 0 Å². The van der Waals surface area contributed by atoms with Gasteiger partial charge in [0.05, 0.1) is 24.5 Å². The smallest absolute Gasteiger partial charge is 0.246 e. The Kier molecular flexibility index (Phi) is 3.98. The molecule has 2 rings (SSSR count). The summed E-state index contributed by atoms with van der Waals surface area (Å²) in [5.74, 6) is 0. The Bertz CT molecular complexity index is 561. The van der Waals surface area contributed by atoms with Gasteiger partial charge in [-0.2, -0.15) is 9.40 Å². The SMILES string of the molecule is Cc1nn(CCO)c(C)c1S(=O)(=O)N(C)C1CCC1. The highest BCUT2D eigenvalue weighted by Crippen LogP contribution is 2.30. The molecule has 1 saturated carbocycles. The molecule has 0 unspecified atom stereocenters. The van der Waals surface area contributed by atoms with Crippen LogP contribution in [0.4, 0.5) is 0 Å². The summed E-state index contributed by atoms with van der Waals surface area (Å²) in [6, 6.07) is 0.116. The lowest BCUT2D eigenvalue weighted by molar-refractivity contribution is 0.249. The summed E-state index contributed by atoms with van der Waals surface area (Å²) in [6.07, 6.45) is 2.95. The van der Waals surface area contributed by atoms with Crippen LogP contribution in [-0.2, 0) is 16.6 Å². The number of aliphatic hydroxyl groups is 1. The first kappa shape index (κ1) is 14.5. The molecular formula is C12H21N3O3S. The molecule has 0 aliphatic heterocycles. The van der Waals surface area contributed by atoms with Crippen LogP contribution >= 0.6 is 0 Å². The monoisotopic (exact) mass is 287 g/mol.